The summed E-state index contributed by atoms with van der Waals surface area (Å²) in [4.78, 5) is 21.5. The first-order valence-electron chi connectivity index (χ1n) is 6.36. The van der Waals surface area contributed by atoms with E-state index in [1.54, 1.807) is 32.2 Å². The van der Waals surface area contributed by atoms with Gasteiger partial charge < -0.3 is 14.4 Å². The molecule has 0 spiro atoms. The zero-order valence-corrected chi connectivity index (χ0v) is 12.2. The molecule has 6 nitrogen and oxygen atoms in total. The largest absolute Gasteiger partial charge is 0.497 e. The van der Waals surface area contributed by atoms with E-state index >= 15 is 0 Å². The van der Waals surface area contributed by atoms with Crippen molar-refractivity contribution in [2.45, 2.75) is 6.54 Å². The van der Waals surface area contributed by atoms with Gasteiger partial charge in [-0.3, -0.25) is 4.79 Å². The number of ether oxygens (including phenoxy) is 2. The molecule has 1 amide bonds. The number of rotatable bonds is 5. The van der Waals surface area contributed by atoms with Gasteiger partial charge >= 0.3 is 0 Å². The van der Waals surface area contributed by atoms with E-state index in [9.17, 15) is 4.79 Å². The third kappa shape index (κ3) is 3.68. The Morgan fingerprint density at radius 3 is 2.19 bits per heavy atom. The average molecular weight is 287 g/mol. The normalized spacial score (nSPS) is 10.0. The predicted molar refractivity (Wildman–Crippen MR) is 77.4 cm³/mol. The second kappa shape index (κ2) is 6.69. The number of carbonyl (C=O) groups is 1. The fourth-order valence-corrected chi connectivity index (χ4v) is 1.93. The number of nitrogens with zero attached hydrogens (tertiary/aromatic N) is 3. The highest BCUT2D eigenvalue weighted by Gasteiger charge is 2.13. The first kappa shape index (κ1) is 14.8. The van der Waals surface area contributed by atoms with Crippen LogP contribution in [0.5, 0.6) is 11.5 Å². The summed E-state index contributed by atoms with van der Waals surface area (Å²) in [6.45, 7) is 0.432. The quantitative estimate of drug-likeness (QED) is 0.838. The minimum Gasteiger partial charge on any atom is -0.497 e. The van der Waals surface area contributed by atoms with E-state index in [0.29, 0.717) is 23.6 Å². The van der Waals surface area contributed by atoms with E-state index in [4.69, 9.17) is 9.47 Å². The minimum atomic E-state index is -0.141. The molecular formula is C15H17N3O3. The van der Waals surface area contributed by atoms with E-state index in [1.165, 1.54) is 18.7 Å². The van der Waals surface area contributed by atoms with Crippen LogP contribution in [0.25, 0.3) is 0 Å². The summed E-state index contributed by atoms with van der Waals surface area (Å²) in [5, 5.41) is 0. The van der Waals surface area contributed by atoms with E-state index in [-0.39, 0.29) is 5.91 Å². The third-order valence-electron chi connectivity index (χ3n) is 2.99. The van der Waals surface area contributed by atoms with Crippen LogP contribution in [0.1, 0.15) is 15.9 Å². The topological polar surface area (TPSA) is 64.5 Å². The van der Waals surface area contributed by atoms with Crippen molar-refractivity contribution in [1.29, 1.82) is 0 Å². The van der Waals surface area contributed by atoms with Gasteiger partial charge in [-0.2, -0.15) is 0 Å². The van der Waals surface area contributed by atoms with E-state index in [2.05, 4.69) is 9.97 Å². The average Bonchev–Trinajstić information content (AvgIpc) is 2.54. The zero-order valence-electron chi connectivity index (χ0n) is 12.2. The maximum absolute atomic E-state index is 12.2. The molecule has 0 saturated heterocycles. The van der Waals surface area contributed by atoms with Gasteiger partial charge in [-0.15, -0.1) is 0 Å². The van der Waals surface area contributed by atoms with Crippen LogP contribution in [-0.2, 0) is 6.54 Å². The van der Waals surface area contributed by atoms with Crippen LogP contribution in [0.3, 0.4) is 0 Å². The maximum Gasteiger partial charge on any atom is 0.257 e. The monoisotopic (exact) mass is 287 g/mol. The van der Waals surface area contributed by atoms with Crippen molar-refractivity contribution >= 4 is 5.91 Å². The highest BCUT2D eigenvalue weighted by molar-refractivity contribution is 5.93. The molecule has 0 aliphatic carbocycles. The molecule has 2 aromatic rings. The molecule has 1 heterocycles. The molecule has 0 atom stereocenters. The van der Waals surface area contributed by atoms with Crippen molar-refractivity contribution in [2.24, 2.45) is 0 Å². The molecular weight excluding hydrogens is 270 g/mol. The molecule has 0 bridgehead atoms. The standard InChI is InChI=1S/C15H17N3O3/c1-18(15(19)12-7-16-10-17-8-12)9-11-4-13(20-2)6-14(5-11)21-3/h4-8,10H,9H2,1-3H3. The van der Waals surface area contributed by atoms with Crippen molar-refractivity contribution in [1.82, 2.24) is 14.9 Å². The van der Waals surface area contributed by atoms with Gasteiger partial charge in [0.05, 0.1) is 19.8 Å². The van der Waals surface area contributed by atoms with Gasteiger partial charge in [-0.1, -0.05) is 0 Å². The molecule has 0 aliphatic heterocycles. The Morgan fingerprint density at radius 2 is 1.67 bits per heavy atom. The van der Waals surface area contributed by atoms with Crippen LogP contribution in [-0.4, -0.2) is 42.0 Å². The lowest BCUT2D eigenvalue weighted by Crippen LogP contribution is -2.26. The fraction of sp³-hybridized carbons (Fsp3) is 0.267. The summed E-state index contributed by atoms with van der Waals surface area (Å²) in [6.07, 6.45) is 4.39. The lowest BCUT2D eigenvalue weighted by molar-refractivity contribution is 0.0784. The fourth-order valence-electron chi connectivity index (χ4n) is 1.93. The molecule has 0 radical (unpaired) electrons. The van der Waals surface area contributed by atoms with E-state index in [1.807, 2.05) is 12.1 Å². The smallest absolute Gasteiger partial charge is 0.257 e. The van der Waals surface area contributed by atoms with Crippen LogP contribution in [0.2, 0.25) is 0 Å². The van der Waals surface area contributed by atoms with Gasteiger partial charge in [0.25, 0.3) is 5.91 Å². The molecule has 0 N–H and O–H groups in total. The summed E-state index contributed by atoms with van der Waals surface area (Å²) in [5.74, 6) is 1.24. The molecule has 1 aromatic heterocycles. The van der Waals surface area contributed by atoms with E-state index < -0.39 is 0 Å². The van der Waals surface area contributed by atoms with Gasteiger partial charge in [-0.05, 0) is 17.7 Å². The molecule has 0 fully saturated rings. The Balaban J connectivity index is 2.15. The Labute approximate surface area is 123 Å². The molecule has 2 rings (SSSR count). The van der Waals surface area contributed by atoms with Crippen molar-refractivity contribution in [3.63, 3.8) is 0 Å². The predicted octanol–water partition coefficient (Wildman–Crippen LogP) is 1.77. The first-order chi connectivity index (χ1) is 10.1. The maximum atomic E-state index is 12.2. The van der Waals surface area contributed by atoms with Crippen molar-refractivity contribution in [2.75, 3.05) is 21.3 Å². The Bertz CT molecular complexity index is 595. The lowest BCUT2D eigenvalue weighted by atomic mass is 10.1. The molecule has 110 valence electrons. The first-order valence-corrected chi connectivity index (χ1v) is 6.36. The van der Waals surface area contributed by atoms with Crippen LogP contribution < -0.4 is 9.47 Å². The van der Waals surface area contributed by atoms with Gasteiger partial charge in [0.2, 0.25) is 0 Å². The summed E-state index contributed by atoms with van der Waals surface area (Å²) >= 11 is 0. The van der Waals surface area contributed by atoms with Crippen molar-refractivity contribution < 1.29 is 14.3 Å². The Hall–Kier alpha value is -2.63. The highest BCUT2D eigenvalue weighted by atomic mass is 16.5. The number of hydrogen-bond acceptors (Lipinski definition) is 5. The van der Waals surface area contributed by atoms with Crippen LogP contribution >= 0.6 is 0 Å². The number of methoxy groups -OCH3 is 2. The van der Waals surface area contributed by atoms with Gasteiger partial charge in [0.1, 0.15) is 17.8 Å². The van der Waals surface area contributed by atoms with Crippen LogP contribution in [0, 0.1) is 0 Å². The molecule has 0 saturated carbocycles. The summed E-state index contributed by atoms with van der Waals surface area (Å²) in [5.41, 5.74) is 1.37. The third-order valence-corrected chi connectivity index (χ3v) is 2.99. The van der Waals surface area contributed by atoms with Crippen LogP contribution in [0.4, 0.5) is 0 Å². The summed E-state index contributed by atoms with van der Waals surface area (Å²) < 4.78 is 10.4. The summed E-state index contributed by atoms with van der Waals surface area (Å²) in [6, 6.07) is 5.53. The zero-order chi connectivity index (χ0) is 15.2. The van der Waals surface area contributed by atoms with Gasteiger partial charge in [-0.25, -0.2) is 9.97 Å². The number of amides is 1. The molecule has 1 aromatic carbocycles. The molecule has 6 heteroatoms. The number of carbonyl (C=O) groups excluding carboxylic acids is 1. The molecule has 0 unspecified atom stereocenters. The van der Waals surface area contributed by atoms with Gasteiger partial charge in [0.15, 0.2) is 0 Å². The van der Waals surface area contributed by atoms with Gasteiger partial charge in [0, 0.05) is 32.1 Å². The minimum absolute atomic E-state index is 0.141. The Kier molecular flexibility index (Phi) is 4.71. The molecule has 21 heavy (non-hydrogen) atoms. The number of benzene rings is 1. The lowest BCUT2D eigenvalue weighted by Gasteiger charge is -2.18. The molecule has 0 aliphatic rings. The summed E-state index contributed by atoms with van der Waals surface area (Å²) in [7, 11) is 4.91. The SMILES string of the molecule is COc1cc(CN(C)C(=O)c2cncnc2)cc(OC)c1. The highest BCUT2D eigenvalue weighted by Crippen LogP contribution is 2.23. The van der Waals surface area contributed by atoms with Crippen LogP contribution in [0.15, 0.2) is 36.9 Å². The van der Waals surface area contributed by atoms with E-state index in [0.717, 1.165) is 5.56 Å². The second-order valence-electron chi connectivity index (χ2n) is 4.51. The Morgan fingerprint density at radius 1 is 1.10 bits per heavy atom. The van der Waals surface area contributed by atoms with Crippen molar-refractivity contribution in [3.8, 4) is 11.5 Å². The number of aromatic nitrogens is 2. The second-order valence-corrected chi connectivity index (χ2v) is 4.51. The van der Waals surface area contributed by atoms with Crippen molar-refractivity contribution in [3.05, 3.63) is 48.0 Å². The number of hydrogen-bond donors (Lipinski definition) is 0.